The van der Waals surface area contributed by atoms with Crippen molar-refractivity contribution in [3.63, 3.8) is 0 Å². The zero-order chi connectivity index (χ0) is 17.3. The summed E-state index contributed by atoms with van der Waals surface area (Å²) < 4.78 is 58.5. The molecule has 10 heteroatoms. The number of aryl methyl sites for hydroxylation is 1. The van der Waals surface area contributed by atoms with Crippen molar-refractivity contribution in [1.82, 2.24) is 14.5 Å². The van der Waals surface area contributed by atoms with Crippen molar-refractivity contribution in [2.75, 3.05) is 26.2 Å². The van der Waals surface area contributed by atoms with E-state index in [4.69, 9.17) is 4.42 Å². The number of rotatable bonds is 4. The third-order valence-corrected chi connectivity index (χ3v) is 5.82. The minimum Gasteiger partial charge on any atom is -0.420 e. The summed E-state index contributed by atoms with van der Waals surface area (Å²) in [5, 5.41) is 7.67. The third kappa shape index (κ3) is 3.45. The molecule has 1 fully saturated rings. The molecule has 1 aliphatic rings. The molecule has 2 aromatic rings. The zero-order valence-corrected chi connectivity index (χ0v) is 13.8. The highest BCUT2D eigenvalue weighted by Gasteiger charge is 2.33. The van der Waals surface area contributed by atoms with Gasteiger partial charge in [-0.1, -0.05) is 0 Å². The summed E-state index contributed by atoms with van der Waals surface area (Å²) in [5.41, 5.74) is 0. The molecule has 7 nitrogen and oxygen atoms in total. The molecule has 0 radical (unpaired) electrons. The van der Waals surface area contributed by atoms with Gasteiger partial charge in [-0.15, -0.1) is 10.2 Å². The molecular weight excluding hydrogens is 342 g/mol. The molecule has 0 aliphatic carbocycles. The van der Waals surface area contributed by atoms with Crippen LogP contribution in [0, 0.1) is 18.6 Å². The van der Waals surface area contributed by atoms with Crippen molar-refractivity contribution < 1.29 is 26.5 Å². The first kappa shape index (κ1) is 16.9. The van der Waals surface area contributed by atoms with E-state index in [-0.39, 0.29) is 13.1 Å². The lowest BCUT2D eigenvalue weighted by Crippen LogP contribution is -3.13. The Kier molecular flexibility index (Phi) is 4.61. The van der Waals surface area contributed by atoms with Gasteiger partial charge in [-0.25, -0.2) is 17.2 Å². The Labute approximate surface area is 137 Å². The summed E-state index contributed by atoms with van der Waals surface area (Å²) in [4.78, 5) is 0.461. The number of aromatic nitrogens is 2. The van der Waals surface area contributed by atoms with E-state index in [1.165, 1.54) is 4.31 Å². The van der Waals surface area contributed by atoms with Crippen molar-refractivity contribution in [2.24, 2.45) is 0 Å². The molecule has 0 amide bonds. The van der Waals surface area contributed by atoms with Gasteiger partial charge in [0.25, 0.3) is 5.89 Å². The van der Waals surface area contributed by atoms with Crippen LogP contribution in [0.5, 0.6) is 0 Å². The summed E-state index contributed by atoms with van der Waals surface area (Å²) >= 11 is 0. The van der Waals surface area contributed by atoms with Crippen LogP contribution in [-0.4, -0.2) is 49.1 Å². The summed E-state index contributed by atoms with van der Waals surface area (Å²) in [6.45, 7) is 3.64. The highest BCUT2D eigenvalue weighted by Crippen LogP contribution is 2.20. The molecule has 0 atom stereocenters. The van der Waals surface area contributed by atoms with Crippen LogP contribution in [0.2, 0.25) is 0 Å². The van der Waals surface area contributed by atoms with Gasteiger partial charge in [-0.3, -0.25) is 0 Å². The quantitative estimate of drug-likeness (QED) is 0.814. The predicted molar refractivity (Wildman–Crippen MR) is 78.6 cm³/mol. The maximum atomic E-state index is 13.8. The Hall–Kier alpha value is -1.91. The third-order valence-electron chi connectivity index (χ3n) is 3.91. The Bertz CT molecular complexity index is 832. The number of nitrogens with one attached hydrogen (secondary N) is 1. The monoisotopic (exact) mass is 359 g/mol. The molecule has 1 saturated heterocycles. The molecule has 2 heterocycles. The zero-order valence-electron chi connectivity index (χ0n) is 13.0. The number of hydrogen-bond acceptors (Lipinski definition) is 5. The number of nitrogens with zero attached hydrogens (tertiary/aromatic N) is 3. The van der Waals surface area contributed by atoms with E-state index in [0.717, 1.165) is 17.0 Å². The van der Waals surface area contributed by atoms with Crippen LogP contribution >= 0.6 is 0 Å². The van der Waals surface area contributed by atoms with Crippen molar-refractivity contribution in [3.8, 4) is 0 Å². The summed E-state index contributed by atoms with van der Waals surface area (Å²) in [6, 6.07) is 2.43. The van der Waals surface area contributed by atoms with E-state index in [1.54, 1.807) is 6.92 Å². The minimum absolute atomic E-state index is 0.209. The Morgan fingerprint density at radius 2 is 1.96 bits per heavy atom. The van der Waals surface area contributed by atoms with Gasteiger partial charge in [0.1, 0.15) is 16.5 Å². The SMILES string of the molecule is Cc1nnc(C[NH+]2CCN(S(=O)(=O)c3cc(F)ccc3F)CC2)o1. The Morgan fingerprint density at radius 3 is 2.58 bits per heavy atom. The molecule has 0 saturated carbocycles. The van der Waals surface area contributed by atoms with E-state index in [0.29, 0.717) is 37.5 Å². The number of sulfonamides is 1. The first-order valence-corrected chi connectivity index (χ1v) is 8.88. The highest BCUT2D eigenvalue weighted by molar-refractivity contribution is 7.89. The van der Waals surface area contributed by atoms with Crippen LogP contribution in [0.3, 0.4) is 0 Å². The molecule has 1 aromatic carbocycles. The largest absolute Gasteiger partial charge is 0.420 e. The molecule has 0 spiro atoms. The first-order chi connectivity index (χ1) is 11.4. The van der Waals surface area contributed by atoms with Crippen LogP contribution in [0.25, 0.3) is 0 Å². The highest BCUT2D eigenvalue weighted by atomic mass is 32.2. The fraction of sp³-hybridized carbons (Fsp3) is 0.429. The van der Waals surface area contributed by atoms with Gasteiger partial charge in [0, 0.05) is 6.92 Å². The molecular formula is C14H17F2N4O3S+. The van der Waals surface area contributed by atoms with Crippen LogP contribution in [0.15, 0.2) is 27.5 Å². The first-order valence-electron chi connectivity index (χ1n) is 7.44. The smallest absolute Gasteiger partial charge is 0.271 e. The van der Waals surface area contributed by atoms with Crippen molar-refractivity contribution in [1.29, 1.82) is 0 Å². The molecule has 1 N–H and O–H groups in total. The summed E-state index contributed by atoms with van der Waals surface area (Å²) in [7, 11) is -4.05. The van der Waals surface area contributed by atoms with Gasteiger partial charge >= 0.3 is 0 Å². The fourth-order valence-corrected chi connectivity index (χ4v) is 4.17. The molecule has 24 heavy (non-hydrogen) atoms. The number of quaternary nitrogens is 1. The lowest BCUT2D eigenvalue weighted by atomic mass is 10.3. The summed E-state index contributed by atoms with van der Waals surface area (Å²) in [5.74, 6) is -0.763. The second kappa shape index (κ2) is 6.54. The van der Waals surface area contributed by atoms with Crippen LogP contribution < -0.4 is 4.90 Å². The van der Waals surface area contributed by atoms with Gasteiger partial charge in [0.15, 0.2) is 6.54 Å². The molecule has 0 unspecified atom stereocenters. The molecule has 130 valence electrons. The standard InChI is InChI=1S/C14H16F2N4O3S/c1-10-17-18-14(23-10)9-19-4-6-20(7-5-19)24(21,22)13-8-11(15)2-3-12(13)16/h2-3,8H,4-7,9H2,1H3/p+1. The second-order valence-corrected chi connectivity index (χ2v) is 7.53. The van der Waals surface area contributed by atoms with Crippen molar-refractivity contribution in [3.05, 3.63) is 41.6 Å². The molecule has 1 aromatic heterocycles. The minimum atomic E-state index is -4.05. The normalized spacial score (nSPS) is 17.3. The van der Waals surface area contributed by atoms with E-state index in [1.807, 2.05) is 0 Å². The lowest BCUT2D eigenvalue weighted by Gasteiger charge is -2.30. The summed E-state index contributed by atoms with van der Waals surface area (Å²) in [6.07, 6.45) is 0. The van der Waals surface area contributed by atoms with E-state index < -0.39 is 26.6 Å². The van der Waals surface area contributed by atoms with Crippen LogP contribution in [-0.2, 0) is 16.6 Å². The molecule has 3 rings (SSSR count). The lowest BCUT2D eigenvalue weighted by molar-refractivity contribution is -0.918. The Morgan fingerprint density at radius 1 is 1.25 bits per heavy atom. The van der Waals surface area contributed by atoms with Gasteiger partial charge in [0.2, 0.25) is 15.9 Å². The number of halogens is 2. The van der Waals surface area contributed by atoms with E-state index in [9.17, 15) is 17.2 Å². The van der Waals surface area contributed by atoms with Gasteiger partial charge in [0.05, 0.1) is 26.2 Å². The van der Waals surface area contributed by atoms with Gasteiger partial charge < -0.3 is 9.32 Å². The van der Waals surface area contributed by atoms with E-state index >= 15 is 0 Å². The predicted octanol–water partition coefficient (Wildman–Crippen LogP) is -0.254. The van der Waals surface area contributed by atoms with E-state index in [2.05, 4.69) is 10.2 Å². The Balaban J connectivity index is 1.68. The van der Waals surface area contributed by atoms with Crippen molar-refractivity contribution >= 4 is 10.0 Å². The maximum absolute atomic E-state index is 13.8. The van der Waals surface area contributed by atoms with Crippen LogP contribution in [0.1, 0.15) is 11.8 Å². The maximum Gasteiger partial charge on any atom is 0.271 e. The fourth-order valence-electron chi connectivity index (χ4n) is 2.66. The van der Waals surface area contributed by atoms with Crippen LogP contribution in [0.4, 0.5) is 8.78 Å². The van der Waals surface area contributed by atoms with Gasteiger partial charge in [-0.2, -0.15) is 4.31 Å². The second-order valence-electron chi connectivity index (χ2n) is 5.62. The average molecular weight is 359 g/mol. The number of hydrogen-bond donors (Lipinski definition) is 1. The average Bonchev–Trinajstić information content (AvgIpc) is 2.95. The van der Waals surface area contributed by atoms with Crippen molar-refractivity contribution in [2.45, 2.75) is 18.4 Å². The topological polar surface area (TPSA) is 80.7 Å². The number of benzene rings is 1. The molecule has 1 aliphatic heterocycles. The molecule has 0 bridgehead atoms. The number of piperazine rings is 1. The van der Waals surface area contributed by atoms with Gasteiger partial charge in [-0.05, 0) is 18.2 Å².